The van der Waals surface area contributed by atoms with E-state index in [-0.39, 0.29) is 11.9 Å². The van der Waals surface area contributed by atoms with E-state index in [1.54, 1.807) is 16.7 Å². The van der Waals surface area contributed by atoms with Gasteiger partial charge >= 0.3 is 0 Å². The van der Waals surface area contributed by atoms with Crippen LogP contribution in [0.15, 0.2) is 40.8 Å². The van der Waals surface area contributed by atoms with Crippen LogP contribution in [0.25, 0.3) is 5.69 Å². The van der Waals surface area contributed by atoms with Crippen LogP contribution in [0.1, 0.15) is 33.7 Å². The Bertz CT molecular complexity index is 977. The van der Waals surface area contributed by atoms with Crippen molar-refractivity contribution in [2.75, 3.05) is 26.9 Å². The molecule has 8 heteroatoms. The number of aryl methyl sites for hydroxylation is 1. The minimum absolute atomic E-state index is 0.181. The van der Waals surface area contributed by atoms with Gasteiger partial charge in [0.25, 0.3) is 5.91 Å². The molecule has 1 fully saturated rings. The molecule has 3 aromatic rings. The van der Waals surface area contributed by atoms with E-state index in [4.69, 9.17) is 13.9 Å². The molecule has 1 aliphatic rings. The van der Waals surface area contributed by atoms with Gasteiger partial charge in [-0.1, -0.05) is 5.21 Å². The molecule has 0 unspecified atom stereocenters. The van der Waals surface area contributed by atoms with E-state index in [2.05, 4.69) is 10.3 Å². The molecule has 2 aromatic heterocycles. The molecule has 4 rings (SSSR count). The molecule has 28 heavy (non-hydrogen) atoms. The minimum atomic E-state index is -0.277. The van der Waals surface area contributed by atoms with Gasteiger partial charge in [-0.15, -0.1) is 5.10 Å². The van der Waals surface area contributed by atoms with E-state index in [0.29, 0.717) is 36.9 Å². The second-order valence-corrected chi connectivity index (χ2v) is 6.67. The molecule has 0 spiro atoms. The SMILES string of the molecule is COc1ccc(-n2nnc(C(=O)N3CCOC[C@H]3c3ccc(C)o3)c2C)cc1. The average Bonchev–Trinajstić information content (AvgIpc) is 3.33. The highest BCUT2D eigenvalue weighted by molar-refractivity contribution is 5.93. The molecule has 0 aliphatic carbocycles. The fraction of sp³-hybridized carbons (Fsp3) is 0.350. The lowest BCUT2D eigenvalue weighted by Gasteiger charge is -2.34. The highest BCUT2D eigenvalue weighted by Gasteiger charge is 2.33. The van der Waals surface area contributed by atoms with Gasteiger partial charge in [-0.3, -0.25) is 4.79 Å². The summed E-state index contributed by atoms with van der Waals surface area (Å²) in [5.74, 6) is 2.09. The zero-order valence-corrected chi connectivity index (χ0v) is 16.1. The summed E-state index contributed by atoms with van der Waals surface area (Å²) in [6.07, 6.45) is 0. The first-order chi connectivity index (χ1) is 13.6. The van der Waals surface area contributed by atoms with Gasteiger partial charge in [-0.25, -0.2) is 4.68 Å². The molecule has 146 valence electrons. The van der Waals surface area contributed by atoms with E-state index in [0.717, 1.165) is 17.2 Å². The van der Waals surface area contributed by atoms with Gasteiger partial charge in [-0.05, 0) is 50.2 Å². The molecule has 0 radical (unpaired) electrons. The first-order valence-electron chi connectivity index (χ1n) is 9.10. The number of rotatable bonds is 4. The maximum absolute atomic E-state index is 13.2. The number of furan rings is 1. The van der Waals surface area contributed by atoms with E-state index in [1.165, 1.54) is 0 Å². The Morgan fingerprint density at radius 3 is 2.64 bits per heavy atom. The van der Waals surface area contributed by atoms with Crippen molar-refractivity contribution in [3.05, 3.63) is 59.3 Å². The van der Waals surface area contributed by atoms with Gasteiger partial charge in [-0.2, -0.15) is 0 Å². The average molecular weight is 382 g/mol. The van der Waals surface area contributed by atoms with E-state index >= 15 is 0 Å². The van der Waals surface area contributed by atoms with Crippen LogP contribution in [-0.4, -0.2) is 52.7 Å². The van der Waals surface area contributed by atoms with Gasteiger partial charge in [0.15, 0.2) is 5.69 Å². The number of methoxy groups -OCH3 is 1. The highest BCUT2D eigenvalue weighted by Crippen LogP contribution is 2.28. The quantitative estimate of drug-likeness (QED) is 0.690. The second-order valence-electron chi connectivity index (χ2n) is 6.67. The molecule has 8 nitrogen and oxygen atoms in total. The van der Waals surface area contributed by atoms with Crippen LogP contribution in [0.2, 0.25) is 0 Å². The lowest BCUT2D eigenvalue weighted by atomic mass is 10.1. The highest BCUT2D eigenvalue weighted by atomic mass is 16.5. The third-order valence-corrected chi connectivity index (χ3v) is 4.89. The number of carbonyl (C=O) groups is 1. The van der Waals surface area contributed by atoms with Crippen molar-refractivity contribution < 1.29 is 18.7 Å². The Hall–Kier alpha value is -3.13. The number of nitrogens with zero attached hydrogens (tertiary/aromatic N) is 4. The number of hydrogen-bond acceptors (Lipinski definition) is 6. The van der Waals surface area contributed by atoms with Crippen LogP contribution in [0.4, 0.5) is 0 Å². The van der Waals surface area contributed by atoms with Crippen LogP contribution in [0.3, 0.4) is 0 Å². The summed E-state index contributed by atoms with van der Waals surface area (Å²) in [4.78, 5) is 15.0. The molecular formula is C20H22N4O4. The maximum Gasteiger partial charge on any atom is 0.277 e. The van der Waals surface area contributed by atoms with Crippen molar-refractivity contribution in [2.45, 2.75) is 19.9 Å². The Morgan fingerprint density at radius 1 is 1.18 bits per heavy atom. The number of carbonyl (C=O) groups excluding carboxylic acids is 1. The summed E-state index contributed by atoms with van der Waals surface area (Å²) in [5.41, 5.74) is 1.81. The zero-order valence-electron chi connectivity index (χ0n) is 16.1. The number of amides is 1. The van der Waals surface area contributed by atoms with E-state index in [1.807, 2.05) is 50.2 Å². The van der Waals surface area contributed by atoms with Gasteiger partial charge in [0, 0.05) is 6.54 Å². The normalized spacial score (nSPS) is 17.0. The third-order valence-electron chi connectivity index (χ3n) is 4.89. The molecule has 1 amide bonds. The summed E-state index contributed by atoms with van der Waals surface area (Å²) in [6, 6.07) is 10.9. The lowest BCUT2D eigenvalue weighted by molar-refractivity contribution is -0.00929. The Balaban J connectivity index is 1.62. The summed E-state index contributed by atoms with van der Waals surface area (Å²) in [5, 5.41) is 8.35. The molecule has 1 saturated heterocycles. The molecular weight excluding hydrogens is 360 g/mol. The maximum atomic E-state index is 13.2. The van der Waals surface area contributed by atoms with Crippen LogP contribution in [0, 0.1) is 13.8 Å². The molecule has 1 aliphatic heterocycles. The van der Waals surface area contributed by atoms with Crippen molar-refractivity contribution in [3.63, 3.8) is 0 Å². The number of morpholine rings is 1. The number of hydrogen-bond donors (Lipinski definition) is 0. The molecule has 1 aromatic carbocycles. The van der Waals surface area contributed by atoms with Crippen LogP contribution in [-0.2, 0) is 4.74 Å². The fourth-order valence-electron chi connectivity index (χ4n) is 3.35. The predicted molar refractivity (Wildman–Crippen MR) is 101 cm³/mol. The standard InChI is InChI=1S/C20H22N4O4/c1-13-4-9-18(28-13)17-12-27-11-10-23(17)20(25)19-14(2)24(22-21-19)15-5-7-16(26-3)8-6-15/h4-9,17H,10-12H2,1-3H3/t17-/m0/s1. The van der Waals surface area contributed by atoms with E-state index < -0.39 is 0 Å². The smallest absolute Gasteiger partial charge is 0.277 e. The van der Waals surface area contributed by atoms with E-state index in [9.17, 15) is 4.79 Å². The van der Waals surface area contributed by atoms with Crippen molar-refractivity contribution in [1.82, 2.24) is 19.9 Å². The number of aromatic nitrogens is 3. The molecule has 3 heterocycles. The van der Waals surface area contributed by atoms with Crippen LogP contribution in [0.5, 0.6) is 5.75 Å². The van der Waals surface area contributed by atoms with Crippen molar-refractivity contribution in [3.8, 4) is 11.4 Å². The van der Waals surface area contributed by atoms with Crippen LogP contribution >= 0.6 is 0 Å². The van der Waals surface area contributed by atoms with Gasteiger partial charge in [0.1, 0.15) is 23.3 Å². The van der Waals surface area contributed by atoms with Crippen LogP contribution < -0.4 is 4.74 Å². The first-order valence-corrected chi connectivity index (χ1v) is 9.10. The topological polar surface area (TPSA) is 82.6 Å². The molecule has 0 saturated carbocycles. The zero-order chi connectivity index (χ0) is 19.7. The summed E-state index contributed by atoms with van der Waals surface area (Å²) in [6.45, 7) is 5.06. The Morgan fingerprint density at radius 2 is 1.96 bits per heavy atom. The first kappa shape index (κ1) is 18.2. The molecule has 1 atom stereocenters. The molecule has 0 bridgehead atoms. The van der Waals surface area contributed by atoms with Crippen molar-refractivity contribution in [2.24, 2.45) is 0 Å². The third kappa shape index (κ3) is 3.27. The fourth-order valence-corrected chi connectivity index (χ4v) is 3.35. The summed E-state index contributed by atoms with van der Waals surface area (Å²) < 4.78 is 18.2. The largest absolute Gasteiger partial charge is 0.497 e. The van der Waals surface area contributed by atoms with Gasteiger partial charge in [0.05, 0.1) is 31.7 Å². The second kappa shape index (κ2) is 7.47. The van der Waals surface area contributed by atoms with Gasteiger partial charge < -0.3 is 18.8 Å². The summed E-state index contributed by atoms with van der Waals surface area (Å²) >= 11 is 0. The summed E-state index contributed by atoms with van der Waals surface area (Å²) in [7, 11) is 1.62. The van der Waals surface area contributed by atoms with Crippen molar-refractivity contribution >= 4 is 5.91 Å². The number of benzene rings is 1. The monoisotopic (exact) mass is 382 g/mol. The minimum Gasteiger partial charge on any atom is -0.497 e. The lowest BCUT2D eigenvalue weighted by Crippen LogP contribution is -2.43. The number of ether oxygens (including phenoxy) is 2. The Kier molecular flexibility index (Phi) is 4.87. The predicted octanol–water partition coefficient (Wildman–Crippen LogP) is 2.70. The van der Waals surface area contributed by atoms with Crippen molar-refractivity contribution in [1.29, 1.82) is 0 Å². The van der Waals surface area contributed by atoms with Gasteiger partial charge in [0.2, 0.25) is 0 Å². The molecule has 0 N–H and O–H groups in total. The Labute approximate surface area is 162 Å².